The number of aromatic nitrogens is 4. The summed E-state index contributed by atoms with van der Waals surface area (Å²) in [6.45, 7) is 4.37. The average molecular weight is 385 g/mol. The summed E-state index contributed by atoms with van der Waals surface area (Å²) in [5.74, 6) is -0.218. The Kier molecular flexibility index (Phi) is 6.18. The average Bonchev–Trinajstić information content (AvgIpc) is 3.10. The molecule has 0 fully saturated rings. The third kappa shape index (κ3) is 4.71. The number of halogens is 1. The molecule has 0 unspecified atom stereocenters. The van der Waals surface area contributed by atoms with E-state index in [0.717, 1.165) is 16.8 Å². The zero-order valence-electron chi connectivity index (χ0n) is 15.1. The maximum Gasteiger partial charge on any atom is 0.230 e. The lowest BCUT2D eigenvalue weighted by atomic mass is 10.1. The maximum absolute atomic E-state index is 13.6. The molecule has 1 heterocycles. The van der Waals surface area contributed by atoms with Gasteiger partial charge in [0.05, 0.1) is 11.4 Å². The summed E-state index contributed by atoms with van der Waals surface area (Å²) in [7, 11) is 0. The van der Waals surface area contributed by atoms with Crippen LogP contribution in [-0.4, -0.2) is 38.4 Å². The number of tetrazole rings is 1. The second kappa shape index (κ2) is 8.77. The van der Waals surface area contributed by atoms with Crippen LogP contribution in [0.25, 0.3) is 5.69 Å². The first-order valence-corrected chi connectivity index (χ1v) is 9.52. The van der Waals surface area contributed by atoms with E-state index in [-0.39, 0.29) is 17.5 Å². The van der Waals surface area contributed by atoms with Gasteiger partial charge < -0.3 is 5.32 Å². The molecular formula is C19H20FN5OS. The van der Waals surface area contributed by atoms with E-state index in [2.05, 4.69) is 20.8 Å². The van der Waals surface area contributed by atoms with Gasteiger partial charge in [0, 0.05) is 6.54 Å². The fourth-order valence-corrected chi connectivity index (χ4v) is 3.47. The molecule has 3 rings (SSSR count). The Morgan fingerprint density at radius 2 is 1.89 bits per heavy atom. The maximum atomic E-state index is 13.6. The molecule has 2 aromatic carbocycles. The Hall–Kier alpha value is -2.74. The van der Waals surface area contributed by atoms with Gasteiger partial charge in [-0.15, -0.1) is 5.10 Å². The van der Waals surface area contributed by atoms with Crippen LogP contribution in [0.2, 0.25) is 0 Å². The van der Waals surface area contributed by atoms with E-state index in [1.54, 1.807) is 22.9 Å². The standard InChI is InChI=1S/C19H20FN5OS/c1-13-6-5-7-14(2)18(13)25-19(22-23-24-25)27-12-17(26)21-11-10-15-8-3-4-9-16(15)20/h3-9H,10-12H2,1-2H3,(H,21,26). The Balaban J connectivity index is 1.56. The van der Waals surface area contributed by atoms with Crippen molar-refractivity contribution in [2.45, 2.75) is 25.4 Å². The van der Waals surface area contributed by atoms with Crippen molar-refractivity contribution in [1.82, 2.24) is 25.5 Å². The highest BCUT2D eigenvalue weighted by atomic mass is 32.2. The molecule has 140 valence electrons. The topological polar surface area (TPSA) is 72.7 Å². The largest absolute Gasteiger partial charge is 0.355 e. The van der Waals surface area contributed by atoms with Crippen LogP contribution < -0.4 is 5.32 Å². The molecule has 8 heteroatoms. The number of hydrogen-bond acceptors (Lipinski definition) is 5. The van der Waals surface area contributed by atoms with Crippen LogP contribution in [0.3, 0.4) is 0 Å². The summed E-state index contributed by atoms with van der Waals surface area (Å²) in [6, 6.07) is 12.5. The number of benzene rings is 2. The Labute approximate surface area is 161 Å². The molecule has 3 aromatic rings. The van der Waals surface area contributed by atoms with Gasteiger partial charge in [0.1, 0.15) is 5.82 Å². The van der Waals surface area contributed by atoms with Crippen LogP contribution in [0.4, 0.5) is 4.39 Å². The van der Waals surface area contributed by atoms with Gasteiger partial charge in [-0.05, 0) is 53.5 Å². The minimum atomic E-state index is -0.256. The molecule has 1 aromatic heterocycles. The van der Waals surface area contributed by atoms with Crippen LogP contribution >= 0.6 is 11.8 Å². The Bertz CT molecular complexity index is 923. The predicted molar refractivity (Wildman–Crippen MR) is 102 cm³/mol. The molecule has 27 heavy (non-hydrogen) atoms. The molecule has 6 nitrogen and oxygen atoms in total. The SMILES string of the molecule is Cc1cccc(C)c1-n1nnnc1SCC(=O)NCCc1ccccc1F. The van der Waals surface area contributed by atoms with E-state index in [9.17, 15) is 9.18 Å². The normalized spacial score (nSPS) is 10.8. The molecule has 0 bridgehead atoms. The first kappa shape index (κ1) is 19.0. The van der Waals surface area contributed by atoms with Crippen molar-refractivity contribution in [3.8, 4) is 5.69 Å². The van der Waals surface area contributed by atoms with E-state index in [0.29, 0.717) is 23.7 Å². The smallest absolute Gasteiger partial charge is 0.230 e. The van der Waals surface area contributed by atoms with Gasteiger partial charge in [0.2, 0.25) is 11.1 Å². The number of nitrogens with zero attached hydrogens (tertiary/aromatic N) is 4. The minimum Gasteiger partial charge on any atom is -0.355 e. The number of thioether (sulfide) groups is 1. The highest BCUT2D eigenvalue weighted by Crippen LogP contribution is 2.23. The zero-order chi connectivity index (χ0) is 19.2. The monoisotopic (exact) mass is 385 g/mol. The van der Waals surface area contributed by atoms with E-state index in [1.807, 2.05) is 32.0 Å². The van der Waals surface area contributed by atoms with Gasteiger partial charge in [-0.3, -0.25) is 4.79 Å². The van der Waals surface area contributed by atoms with Crippen molar-refractivity contribution in [2.75, 3.05) is 12.3 Å². The molecule has 0 radical (unpaired) electrons. The van der Waals surface area contributed by atoms with E-state index < -0.39 is 0 Å². The first-order valence-electron chi connectivity index (χ1n) is 8.54. The van der Waals surface area contributed by atoms with Gasteiger partial charge in [0.25, 0.3) is 0 Å². The highest BCUT2D eigenvalue weighted by molar-refractivity contribution is 7.99. The number of nitrogens with one attached hydrogen (secondary N) is 1. The lowest BCUT2D eigenvalue weighted by molar-refractivity contribution is -0.118. The van der Waals surface area contributed by atoms with Gasteiger partial charge in [0.15, 0.2) is 0 Å². The van der Waals surface area contributed by atoms with Gasteiger partial charge in [-0.25, -0.2) is 4.39 Å². The second-order valence-corrected chi connectivity index (χ2v) is 7.04. The molecular weight excluding hydrogens is 365 g/mol. The molecule has 0 spiro atoms. The summed E-state index contributed by atoms with van der Waals surface area (Å²) in [4.78, 5) is 12.1. The van der Waals surface area contributed by atoms with Gasteiger partial charge in [-0.2, -0.15) is 4.68 Å². The van der Waals surface area contributed by atoms with Crippen molar-refractivity contribution in [3.63, 3.8) is 0 Å². The summed E-state index contributed by atoms with van der Waals surface area (Å²) < 4.78 is 15.2. The lowest BCUT2D eigenvalue weighted by Crippen LogP contribution is -2.27. The van der Waals surface area contributed by atoms with Crippen LogP contribution in [0.5, 0.6) is 0 Å². The zero-order valence-corrected chi connectivity index (χ0v) is 16.0. The highest BCUT2D eigenvalue weighted by Gasteiger charge is 2.14. The number of hydrogen-bond donors (Lipinski definition) is 1. The summed E-state index contributed by atoms with van der Waals surface area (Å²) >= 11 is 1.26. The molecule has 0 atom stereocenters. The van der Waals surface area contributed by atoms with E-state index >= 15 is 0 Å². The lowest BCUT2D eigenvalue weighted by Gasteiger charge is -2.10. The van der Waals surface area contributed by atoms with Crippen molar-refractivity contribution < 1.29 is 9.18 Å². The molecule has 0 saturated carbocycles. The van der Waals surface area contributed by atoms with Crippen molar-refractivity contribution in [1.29, 1.82) is 0 Å². The second-order valence-electron chi connectivity index (χ2n) is 6.09. The number of para-hydroxylation sites is 1. The van der Waals surface area contributed by atoms with Crippen molar-refractivity contribution >= 4 is 17.7 Å². The van der Waals surface area contributed by atoms with Crippen molar-refractivity contribution in [2.24, 2.45) is 0 Å². The number of rotatable bonds is 7. The Morgan fingerprint density at radius 3 is 2.63 bits per heavy atom. The summed E-state index contributed by atoms with van der Waals surface area (Å²) in [5.41, 5.74) is 3.62. The van der Waals surface area contributed by atoms with Crippen molar-refractivity contribution in [3.05, 3.63) is 65.0 Å². The number of amides is 1. The number of carbonyl (C=O) groups excluding carboxylic acids is 1. The molecule has 0 aliphatic rings. The molecule has 0 saturated heterocycles. The fourth-order valence-electron chi connectivity index (χ4n) is 2.77. The molecule has 1 amide bonds. The third-order valence-corrected chi connectivity index (χ3v) is 5.02. The summed E-state index contributed by atoms with van der Waals surface area (Å²) in [6.07, 6.45) is 0.448. The predicted octanol–water partition coefficient (Wildman–Crippen LogP) is 2.87. The minimum absolute atomic E-state index is 0.146. The van der Waals surface area contributed by atoms with Crippen LogP contribution in [0, 0.1) is 19.7 Å². The van der Waals surface area contributed by atoms with E-state index in [1.165, 1.54) is 17.8 Å². The van der Waals surface area contributed by atoms with Gasteiger partial charge in [-0.1, -0.05) is 48.2 Å². The number of aryl methyl sites for hydroxylation is 2. The first-order chi connectivity index (χ1) is 13.1. The van der Waals surface area contributed by atoms with E-state index in [4.69, 9.17) is 0 Å². The molecule has 0 aliphatic heterocycles. The van der Waals surface area contributed by atoms with Crippen LogP contribution in [0.15, 0.2) is 47.6 Å². The number of carbonyl (C=O) groups is 1. The third-order valence-electron chi connectivity index (χ3n) is 4.10. The summed E-state index contributed by atoms with van der Waals surface area (Å²) in [5, 5.41) is 15.2. The Morgan fingerprint density at radius 1 is 1.15 bits per heavy atom. The quantitative estimate of drug-likeness (QED) is 0.633. The molecule has 0 aliphatic carbocycles. The fraction of sp³-hybridized carbons (Fsp3) is 0.263. The van der Waals surface area contributed by atoms with Crippen LogP contribution in [-0.2, 0) is 11.2 Å². The van der Waals surface area contributed by atoms with Crippen LogP contribution in [0.1, 0.15) is 16.7 Å². The molecule has 1 N–H and O–H groups in total. The van der Waals surface area contributed by atoms with Gasteiger partial charge >= 0.3 is 0 Å².